The molecule has 0 atom stereocenters. The van der Waals surface area contributed by atoms with Crippen LogP contribution >= 0.6 is 11.3 Å². The number of aliphatic hydroxyl groups is 1. The first-order valence-electron chi connectivity index (χ1n) is 20.8. The molecule has 5 rings (SSSR count). The quantitative estimate of drug-likeness (QED) is 0.104. The van der Waals surface area contributed by atoms with Crippen molar-refractivity contribution in [3.05, 3.63) is 76.1 Å². The molecule has 275 valence electrons. The normalized spacial score (nSPS) is 16.9. The molecule has 1 N–H and O–H groups in total. The fraction of sp³-hybridized carbons (Fsp3) is 0.556. The van der Waals surface area contributed by atoms with Crippen LogP contribution in [0.25, 0.3) is 31.4 Å². The van der Waals surface area contributed by atoms with Gasteiger partial charge in [0, 0.05) is 64.7 Å². The number of aromatic nitrogens is 1. The van der Waals surface area contributed by atoms with E-state index < -0.39 is 0 Å². The molecule has 0 aliphatic heterocycles. The number of ketones is 1. The Hall–Kier alpha value is -2.33. The Bertz CT molecular complexity index is 2100. The van der Waals surface area contributed by atoms with E-state index in [0.29, 0.717) is 33.8 Å². The maximum atomic E-state index is 11.7. The minimum atomic E-state index is -0.163. The maximum Gasteiger partial charge on any atom is 0.162 e. The molecule has 1 aliphatic rings. The molecule has 2 aromatic heterocycles. The van der Waals surface area contributed by atoms with Gasteiger partial charge in [0.2, 0.25) is 0 Å². The number of allylic oxidation sites excluding steroid dienone is 2. The molecule has 0 amide bonds. The second-order valence-electron chi connectivity index (χ2n) is 16.6. The third kappa shape index (κ3) is 9.17. The van der Waals surface area contributed by atoms with Gasteiger partial charge in [-0.05, 0) is 98.1 Å². The van der Waals surface area contributed by atoms with Gasteiger partial charge in [-0.15, -0.1) is 46.2 Å². The van der Waals surface area contributed by atoms with Gasteiger partial charge in [-0.3, -0.25) is 4.79 Å². The Labute approximate surface area is 328 Å². The van der Waals surface area contributed by atoms with Crippen molar-refractivity contribution in [3.8, 4) is 11.3 Å². The molecule has 0 saturated heterocycles. The molecule has 4 aromatic rings. The van der Waals surface area contributed by atoms with Crippen LogP contribution in [0.15, 0.2) is 42.2 Å². The monoisotopic (exact) mass is 878 g/mol. The van der Waals surface area contributed by atoms with E-state index in [0.717, 1.165) is 65.3 Å². The Kier molecular flexibility index (Phi) is 11.5. The third-order valence-electron chi connectivity index (χ3n) is 10.3. The molecule has 0 saturated carbocycles. The van der Waals surface area contributed by atoms with Crippen LogP contribution in [0.2, 0.25) is 0 Å². The van der Waals surface area contributed by atoms with E-state index in [-0.39, 0.29) is 84.0 Å². The summed E-state index contributed by atoms with van der Waals surface area (Å²) in [6.45, 7) is 27.5. The van der Waals surface area contributed by atoms with Gasteiger partial charge >= 0.3 is 0 Å². The third-order valence-corrected chi connectivity index (χ3v) is 11.5. The van der Waals surface area contributed by atoms with Crippen molar-refractivity contribution in [1.82, 2.24) is 4.98 Å². The number of hydrogen-bond acceptors (Lipinski definition) is 4. The van der Waals surface area contributed by atoms with Crippen LogP contribution < -0.4 is 0 Å². The summed E-state index contributed by atoms with van der Waals surface area (Å²) in [7, 11) is 0. The van der Waals surface area contributed by atoms with Gasteiger partial charge in [0.05, 0.1) is 9.87 Å². The molecule has 3 nitrogen and oxygen atoms in total. The molecule has 0 bridgehead atoms. The average Bonchev–Trinajstić information content (AvgIpc) is 3.48. The average molecular weight is 878 g/mol. The Morgan fingerprint density at radius 3 is 2.08 bits per heavy atom. The van der Waals surface area contributed by atoms with Crippen molar-refractivity contribution < 1.29 is 36.9 Å². The number of rotatable bonds is 9. The number of aliphatic hydroxyl groups excluding tert-OH is 1. The molecule has 1 radical (unpaired) electrons. The number of fused-ring (bicyclic) bond motifs is 5. The number of carbonyl (C=O) groups is 1. The van der Waals surface area contributed by atoms with Crippen molar-refractivity contribution in [1.29, 1.82) is 0 Å². The summed E-state index contributed by atoms with van der Waals surface area (Å²) in [5.74, 6) is 0.547. The van der Waals surface area contributed by atoms with Gasteiger partial charge in [0.15, 0.2) is 5.78 Å². The number of nitrogens with zero attached hydrogens (tertiary/aromatic N) is 1. The zero-order valence-corrected chi connectivity index (χ0v) is 35.9. The Balaban J connectivity index is 0.000000433. The fourth-order valence-electron chi connectivity index (χ4n) is 7.43. The Morgan fingerprint density at radius 2 is 1.52 bits per heavy atom. The van der Waals surface area contributed by atoms with Crippen molar-refractivity contribution >= 4 is 37.3 Å². The number of aryl methyl sites for hydroxylation is 1. The van der Waals surface area contributed by atoms with E-state index >= 15 is 0 Å². The van der Waals surface area contributed by atoms with Crippen molar-refractivity contribution in [2.75, 3.05) is 0 Å². The molecular weight excluding hydrogens is 811 g/mol. The maximum absolute atomic E-state index is 11.7. The molecule has 0 spiro atoms. The Morgan fingerprint density at radius 1 is 0.940 bits per heavy atom. The summed E-state index contributed by atoms with van der Waals surface area (Å²) in [6.07, 6.45) is 7.57. The van der Waals surface area contributed by atoms with E-state index in [4.69, 9.17) is 5.48 Å². The van der Waals surface area contributed by atoms with Crippen LogP contribution in [0.1, 0.15) is 149 Å². The second-order valence-corrected chi connectivity index (χ2v) is 17.6. The van der Waals surface area contributed by atoms with Crippen LogP contribution in [0.4, 0.5) is 0 Å². The predicted molar refractivity (Wildman–Crippen MR) is 213 cm³/mol. The van der Waals surface area contributed by atoms with Crippen LogP contribution in [0.5, 0.6) is 0 Å². The van der Waals surface area contributed by atoms with Gasteiger partial charge in [-0.2, -0.15) is 0 Å². The zero-order valence-electron chi connectivity index (χ0n) is 37.7. The summed E-state index contributed by atoms with van der Waals surface area (Å²) in [5.41, 5.74) is 5.48. The number of hydrogen-bond donors (Lipinski definition) is 1. The summed E-state index contributed by atoms with van der Waals surface area (Å²) in [5, 5.41) is 11.1. The van der Waals surface area contributed by atoms with E-state index in [1.807, 2.05) is 34.6 Å². The number of carbonyl (C=O) groups excluding carboxylic acids is 1. The minimum Gasteiger partial charge on any atom is -0.512 e. The predicted octanol–water partition coefficient (Wildman–Crippen LogP) is 13.3. The van der Waals surface area contributed by atoms with Crippen molar-refractivity contribution in [2.45, 2.75) is 146 Å². The van der Waals surface area contributed by atoms with Crippen molar-refractivity contribution in [3.63, 3.8) is 0 Å². The molecule has 2 aromatic carbocycles. The first-order chi connectivity index (χ1) is 25.0. The fourth-order valence-corrected chi connectivity index (χ4v) is 8.87. The topological polar surface area (TPSA) is 50.2 Å². The van der Waals surface area contributed by atoms with E-state index in [9.17, 15) is 11.3 Å². The minimum absolute atomic E-state index is 0. The van der Waals surface area contributed by atoms with Crippen molar-refractivity contribution in [2.24, 2.45) is 17.3 Å². The van der Waals surface area contributed by atoms with E-state index in [1.165, 1.54) is 17.2 Å². The largest absolute Gasteiger partial charge is 0.512 e. The molecule has 0 fully saturated rings. The van der Waals surface area contributed by atoms with Crippen LogP contribution in [0, 0.1) is 37.2 Å². The molecule has 5 heteroatoms. The summed E-state index contributed by atoms with van der Waals surface area (Å²) in [6, 6.07) is 4.17. The van der Waals surface area contributed by atoms with Gasteiger partial charge in [-0.25, -0.2) is 0 Å². The first-order valence-corrected chi connectivity index (χ1v) is 19.1. The van der Waals surface area contributed by atoms with Gasteiger partial charge in [0.1, 0.15) is 0 Å². The van der Waals surface area contributed by atoms with Gasteiger partial charge in [0.25, 0.3) is 0 Å². The zero-order chi connectivity index (χ0) is 40.8. The molecule has 50 heavy (non-hydrogen) atoms. The van der Waals surface area contributed by atoms with E-state index in [1.54, 1.807) is 18.3 Å². The smallest absolute Gasteiger partial charge is 0.162 e. The van der Waals surface area contributed by atoms with E-state index in [2.05, 4.69) is 59.5 Å². The second kappa shape index (κ2) is 16.6. The number of pyridine rings is 1. The first kappa shape index (κ1) is 34.7. The SMILES string of the molecule is CCC(CC)C(=O)/C=C(\O)C(CC)CC.[2H]c1nc(-c2[c-]c(C)c([2H])c(C)c2[2H])c2sc3c4c(c(CC(C)(C)C)c([2H])c3c2c1[2H])C(C)(C)CCC4(C)C.[Ir]. The summed E-state index contributed by atoms with van der Waals surface area (Å²) in [4.78, 5) is 16.3. The molecule has 0 unspecified atom stereocenters. The molecule has 2 heterocycles. The number of thiophene rings is 1. The van der Waals surface area contributed by atoms with Crippen LogP contribution in [-0.2, 0) is 42.2 Å². The van der Waals surface area contributed by atoms with Gasteiger partial charge < -0.3 is 10.1 Å². The summed E-state index contributed by atoms with van der Waals surface area (Å²) < 4.78 is 46.1. The van der Waals surface area contributed by atoms with Crippen LogP contribution in [0.3, 0.4) is 0 Å². The van der Waals surface area contributed by atoms with Crippen LogP contribution in [-0.4, -0.2) is 15.9 Å². The molecular formula is C45H62IrNO2S-. The standard InChI is InChI=1S/C32H38NS.C13H24O2.Ir/c1-19-14-20(2)16-21(15-19)27-29-23(10-13-33-27)24-17-22(18-30(3,4)5)25-26(28(24)34-29)32(8,9)12-11-31(25,6)7;1-5-10(6-2)12(14)9-13(15)11(7-3)8-4;/h10,13-15,17H,11-12,18H2,1-9H3;9-11,14H,5-8H2,1-4H3;/q-1;;/b;12-9-;/i10D,13D,14D,15D,17D;;. The number of benzene rings is 2. The molecule has 1 aliphatic carbocycles. The summed E-state index contributed by atoms with van der Waals surface area (Å²) >= 11 is 1.55. The van der Waals surface area contributed by atoms with Gasteiger partial charge in [-0.1, -0.05) is 90.0 Å².